The molecule has 9 rings (SSSR count). The lowest BCUT2D eigenvalue weighted by molar-refractivity contribution is 0.669. The van der Waals surface area contributed by atoms with E-state index in [1.807, 2.05) is 36.4 Å². The monoisotopic (exact) mass is 627 g/mol. The van der Waals surface area contributed by atoms with Crippen LogP contribution in [0.2, 0.25) is 0 Å². The highest BCUT2D eigenvalue weighted by molar-refractivity contribution is 6.18. The Labute approximate surface area is 284 Å². The van der Waals surface area contributed by atoms with Gasteiger partial charge in [0.15, 0.2) is 0 Å². The molecule has 0 aliphatic rings. The van der Waals surface area contributed by atoms with Crippen molar-refractivity contribution >= 4 is 21.9 Å². The molecule has 230 valence electrons. The number of nitrogens with zero attached hydrogens (tertiary/aromatic N) is 3. The Morgan fingerprint density at radius 3 is 1.61 bits per heavy atom. The first-order valence-corrected chi connectivity index (χ1v) is 16.4. The molecule has 4 nitrogen and oxygen atoms in total. The third-order valence-electron chi connectivity index (χ3n) is 9.17. The summed E-state index contributed by atoms with van der Waals surface area (Å²) in [5, 5.41) is 15.9. The zero-order valence-corrected chi connectivity index (χ0v) is 26.5. The van der Waals surface area contributed by atoms with E-state index in [1.54, 1.807) is 0 Å². The van der Waals surface area contributed by atoms with E-state index in [4.69, 9.17) is 9.52 Å². The van der Waals surface area contributed by atoms with Gasteiger partial charge in [0.2, 0.25) is 0 Å². The van der Waals surface area contributed by atoms with E-state index >= 15 is 0 Å². The minimum atomic E-state index is 0.773. The summed E-state index contributed by atoms with van der Waals surface area (Å²) in [6, 6.07) is 60.9. The standard InChI is InChI=1S/C45H29N3O/c1-4-16-30(17-5-1)33-22-10-12-24-35(33)42-36(28-29-40-43(42)38-26-14-15-27-39(38)49-40)34-23-11-13-25-37(34)45-41(31-18-6-2-7-19-31)44(46-48-47-45)32-20-8-3-9-21-32/h1-29H. The number of hydrogen-bond donors (Lipinski definition) is 0. The van der Waals surface area contributed by atoms with Crippen LogP contribution in [-0.2, 0) is 0 Å². The van der Waals surface area contributed by atoms with E-state index in [9.17, 15) is 0 Å². The average Bonchev–Trinajstić information content (AvgIpc) is 3.57. The number of hydrogen-bond acceptors (Lipinski definition) is 4. The molecule has 2 aromatic heterocycles. The Morgan fingerprint density at radius 2 is 0.878 bits per heavy atom. The summed E-state index contributed by atoms with van der Waals surface area (Å²) in [5.41, 5.74) is 13.9. The van der Waals surface area contributed by atoms with Gasteiger partial charge in [0.1, 0.15) is 22.6 Å². The third-order valence-corrected chi connectivity index (χ3v) is 9.17. The van der Waals surface area contributed by atoms with Gasteiger partial charge in [-0.2, -0.15) is 0 Å². The molecule has 0 atom stereocenters. The van der Waals surface area contributed by atoms with E-state index in [1.165, 1.54) is 0 Å². The van der Waals surface area contributed by atoms with Crippen LogP contribution in [0.1, 0.15) is 0 Å². The molecule has 0 saturated heterocycles. The highest BCUT2D eigenvalue weighted by Crippen LogP contribution is 2.48. The van der Waals surface area contributed by atoms with Crippen molar-refractivity contribution in [2.24, 2.45) is 0 Å². The van der Waals surface area contributed by atoms with Crippen LogP contribution in [0.4, 0.5) is 0 Å². The Hall–Kier alpha value is -6.65. The van der Waals surface area contributed by atoms with Crippen molar-refractivity contribution < 1.29 is 4.42 Å². The number of fused-ring (bicyclic) bond motifs is 3. The van der Waals surface area contributed by atoms with Gasteiger partial charge in [-0.3, -0.25) is 0 Å². The molecule has 0 spiro atoms. The SMILES string of the molecule is c1ccc(-c2ccccc2-c2c(-c3ccccc3-c3nnnc(-c4ccccc4)c3-c3ccccc3)ccc3oc4ccccc4c23)cc1. The summed E-state index contributed by atoms with van der Waals surface area (Å²) in [6.07, 6.45) is 0. The van der Waals surface area contributed by atoms with E-state index in [0.717, 1.165) is 89.0 Å². The number of aromatic nitrogens is 3. The highest BCUT2D eigenvalue weighted by Gasteiger charge is 2.24. The summed E-state index contributed by atoms with van der Waals surface area (Å²) in [5.74, 6) is 0. The second-order valence-electron chi connectivity index (χ2n) is 12.0. The van der Waals surface area contributed by atoms with Crippen molar-refractivity contribution in [1.82, 2.24) is 15.4 Å². The van der Waals surface area contributed by atoms with E-state index in [-0.39, 0.29) is 0 Å². The fourth-order valence-electron chi connectivity index (χ4n) is 7.00. The molecule has 0 saturated carbocycles. The first-order valence-electron chi connectivity index (χ1n) is 16.4. The first-order chi connectivity index (χ1) is 24.3. The van der Waals surface area contributed by atoms with Gasteiger partial charge in [-0.15, -0.1) is 10.2 Å². The first kappa shape index (κ1) is 28.6. The zero-order chi connectivity index (χ0) is 32.6. The zero-order valence-electron chi connectivity index (χ0n) is 26.5. The molecule has 0 bridgehead atoms. The van der Waals surface area contributed by atoms with Crippen LogP contribution in [0, 0.1) is 0 Å². The summed E-state index contributed by atoms with van der Waals surface area (Å²) in [7, 11) is 0. The van der Waals surface area contributed by atoms with Crippen molar-refractivity contribution in [2.45, 2.75) is 0 Å². The van der Waals surface area contributed by atoms with Gasteiger partial charge in [0.05, 0.1) is 0 Å². The highest BCUT2D eigenvalue weighted by atomic mass is 16.3. The Kier molecular flexibility index (Phi) is 7.10. The minimum absolute atomic E-state index is 0.773. The maximum Gasteiger partial charge on any atom is 0.136 e. The second-order valence-corrected chi connectivity index (χ2v) is 12.0. The van der Waals surface area contributed by atoms with Crippen LogP contribution in [0.15, 0.2) is 180 Å². The molecule has 0 aliphatic carbocycles. The number of para-hydroxylation sites is 1. The lowest BCUT2D eigenvalue weighted by Gasteiger charge is -2.19. The third kappa shape index (κ3) is 4.98. The Bertz CT molecular complexity index is 2590. The quantitative estimate of drug-likeness (QED) is 0.184. The van der Waals surface area contributed by atoms with Crippen molar-refractivity contribution in [3.8, 4) is 67.0 Å². The Balaban J connectivity index is 1.38. The molecule has 2 heterocycles. The van der Waals surface area contributed by atoms with Gasteiger partial charge >= 0.3 is 0 Å². The molecular formula is C45H29N3O. The molecule has 0 radical (unpaired) electrons. The lowest BCUT2D eigenvalue weighted by atomic mass is 9.84. The maximum absolute atomic E-state index is 6.48. The number of benzene rings is 7. The molecule has 0 N–H and O–H groups in total. The van der Waals surface area contributed by atoms with E-state index in [0.29, 0.717) is 0 Å². The average molecular weight is 628 g/mol. The molecule has 49 heavy (non-hydrogen) atoms. The topological polar surface area (TPSA) is 51.8 Å². The smallest absolute Gasteiger partial charge is 0.136 e. The van der Waals surface area contributed by atoms with Crippen LogP contribution >= 0.6 is 0 Å². The summed E-state index contributed by atoms with van der Waals surface area (Å²) < 4.78 is 6.48. The van der Waals surface area contributed by atoms with Gasteiger partial charge < -0.3 is 4.42 Å². The van der Waals surface area contributed by atoms with Gasteiger partial charge in [-0.05, 0) is 56.8 Å². The minimum Gasteiger partial charge on any atom is -0.456 e. The van der Waals surface area contributed by atoms with Crippen LogP contribution in [-0.4, -0.2) is 15.4 Å². The predicted molar refractivity (Wildman–Crippen MR) is 200 cm³/mol. The maximum atomic E-state index is 6.48. The van der Waals surface area contributed by atoms with Gasteiger partial charge in [-0.25, -0.2) is 0 Å². The summed E-state index contributed by atoms with van der Waals surface area (Å²) in [6.45, 7) is 0. The van der Waals surface area contributed by atoms with Gasteiger partial charge in [-0.1, -0.05) is 158 Å². The molecule has 0 fully saturated rings. The fourth-order valence-corrected chi connectivity index (χ4v) is 7.00. The Morgan fingerprint density at radius 1 is 0.327 bits per heavy atom. The lowest BCUT2D eigenvalue weighted by Crippen LogP contribution is -2.01. The predicted octanol–water partition coefficient (Wildman–Crippen LogP) is 11.8. The molecule has 9 aromatic rings. The number of rotatable bonds is 6. The molecule has 0 unspecified atom stereocenters. The van der Waals surface area contributed by atoms with E-state index in [2.05, 4.69) is 150 Å². The van der Waals surface area contributed by atoms with Crippen LogP contribution in [0.25, 0.3) is 89.0 Å². The molecule has 7 aromatic carbocycles. The fraction of sp³-hybridized carbons (Fsp3) is 0. The second kappa shape index (κ2) is 12.2. The molecule has 0 aliphatic heterocycles. The largest absolute Gasteiger partial charge is 0.456 e. The normalized spacial score (nSPS) is 11.3. The number of furan rings is 1. The van der Waals surface area contributed by atoms with Crippen LogP contribution in [0.3, 0.4) is 0 Å². The van der Waals surface area contributed by atoms with E-state index < -0.39 is 0 Å². The van der Waals surface area contributed by atoms with Crippen LogP contribution in [0.5, 0.6) is 0 Å². The van der Waals surface area contributed by atoms with Crippen molar-refractivity contribution in [2.75, 3.05) is 0 Å². The molecular weight excluding hydrogens is 599 g/mol. The summed E-state index contributed by atoms with van der Waals surface area (Å²) in [4.78, 5) is 0. The van der Waals surface area contributed by atoms with Crippen molar-refractivity contribution in [3.63, 3.8) is 0 Å². The van der Waals surface area contributed by atoms with Crippen LogP contribution < -0.4 is 0 Å². The van der Waals surface area contributed by atoms with Gasteiger partial charge in [0, 0.05) is 33.0 Å². The molecule has 4 heteroatoms. The van der Waals surface area contributed by atoms with Crippen molar-refractivity contribution in [3.05, 3.63) is 176 Å². The van der Waals surface area contributed by atoms with Gasteiger partial charge in [0.25, 0.3) is 0 Å². The van der Waals surface area contributed by atoms with Crippen molar-refractivity contribution in [1.29, 1.82) is 0 Å². The summed E-state index contributed by atoms with van der Waals surface area (Å²) >= 11 is 0. The molecule has 0 amide bonds.